The van der Waals surface area contributed by atoms with Crippen molar-refractivity contribution in [1.29, 1.82) is 0 Å². The van der Waals surface area contributed by atoms with Crippen molar-refractivity contribution in [2.24, 2.45) is 0 Å². The van der Waals surface area contributed by atoms with Gasteiger partial charge in [0, 0.05) is 43.4 Å². The van der Waals surface area contributed by atoms with E-state index in [1.165, 1.54) is 0 Å². The summed E-state index contributed by atoms with van der Waals surface area (Å²) >= 11 is 0. The third kappa shape index (κ3) is 4.33. The molecule has 238 valence electrons. The predicted molar refractivity (Wildman–Crippen MR) is 205 cm³/mol. The summed E-state index contributed by atoms with van der Waals surface area (Å²) in [4.78, 5) is 15.2. The zero-order valence-electron chi connectivity index (χ0n) is 27.1. The Morgan fingerprint density at radius 3 is 1.59 bits per heavy atom. The Morgan fingerprint density at radius 2 is 0.843 bits per heavy atom. The van der Waals surface area contributed by atoms with Crippen LogP contribution in [-0.4, -0.2) is 19.5 Å². The zero-order valence-corrected chi connectivity index (χ0v) is 27.1. The van der Waals surface area contributed by atoms with E-state index in [-0.39, 0.29) is 0 Å². The molecule has 0 fully saturated rings. The molecule has 11 rings (SSSR count). The van der Waals surface area contributed by atoms with Crippen LogP contribution >= 0.6 is 0 Å². The molecule has 0 aliphatic rings. The van der Waals surface area contributed by atoms with E-state index in [1.807, 2.05) is 66.7 Å². The van der Waals surface area contributed by atoms with Gasteiger partial charge in [-0.05, 0) is 71.8 Å². The van der Waals surface area contributed by atoms with Crippen LogP contribution in [0.2, 0.25) is 0 Å². The van der Waals surface area contributed by atoms with Gasteiger partial charge in [0.2, 0.25) is 5.95 Å². The van der Waals surface area contributed by atoms with Crippen LogP contribution in [0.1, 0.15) is 0 Å². The maximum Gasteiger partial charge on any atom is 0.238 e. The van der Waals surface area contributed by atoms with Gasteiger partial charge in [-0.2, -0.15) is 9.97 Å². The van der Waals surface area contributed by atoms with Crippen molar-refractivity contribution in [3.63, 3.8) is 0 Å². The predicted octanol–water partition coefficient (Wildman–Crippen LogP) is 11.8. The fourth-order valence-electron chi connectivity index (χ4n) is 7.45. The SMILES string of the molecule is c1ccc(-c2nc(-c3ccc4oc5cc(-c6ccc7oc8ccccc8c7c6)ccc5c4c3)nc(-n3c4ccccc4c4ccccc43)n2)cc1. The van der Waals surface area contributed by atoms with E-state index in [2.05, 4.69) is 95.6 Å². The zero-order chi connectivity index (χ0) is 33.5. The summed E-state index contributed by atoms with van der Waals surface area (Å²) in [6, 6.07) is 54.0. The fourth-order valence-corrected chi connectivity index (χ4v) is 7.45. The molecular formula is C45H26N4O2. The lowest BCUT2D eigenvalue weighted by atomic mass is 10.0. The highest BCUT2D eigenvalue weighted by Gasteiger charge is 2.19. The lowest BCUT2D eigenvalue weighted by molar-refractivity contribution is 0.669. The Balaban J connectivity index is 1.07. The van der Waals surface area contributed by atoms with Gasteiger partial charge < -0.3 is 8.83 Å². The molecule has 7 aromatic carbocycles. The number of hydrogen-bond donors (Lipinski definition) is 0. The van der Waals surface area contributed by atoms with Gasteiger partial charge in [-0.3, -0.25) is 4.57 Å². The number of para-hydroxylation sites is 3. The average molecular weight is 655 g/mol. The molecule has 11 aromatic rings. The van der Waals surface area contributed by atoms with Gasteiger partial charge in [0.05, 0.1) is 11.0 Å². The quantitative estimate of drug-likeness (QED) is 0.189. The van der Waals surface area contributed by atoms with Crippen molar-refractivity contribution in [3.05, 3.63) is 158 Å². The molecule has 0 N–H and O–H groups in total. The second-order valence-electron chi connectivity index (χ2n) is 12.9. The van der Waals surface area contributed by atoms with Crippen LogP contribution in [0, 0.1) is 0 Å². The van der Waals surface area contributed by atoms with Crippen LogP contribution in [0.15, 0.2) is 167 Å². The molecule has 0 atom stereocenters. The molecule has 0 amide bonds. The lowest BCUT2D eigenvalue weighted by Crippen LogP contribution is -2.06. The Kier molecular flexibility index (Phi) is 5.86. The Hall–Kier alpha value is -7.05. The largest absolute Gasteiger partial charge is 0.456 e. The highest BCUT2D eigenvalue weighted by atomic mass is 16.3. The van der Waals surface area contributed by atoms with Crippen LogP contribution in [0.3, 0.4) is 0 Å². The lowest BCUT2D eigenvalue weighted by Gasteiger charge is -2.11. The molecule has 51 heavy (non-hydrogen) atoms. The summed E-state index contributed by atoms with van der Waals surface area (Å²) in [6.07, 6.45) is 0. The second-order valence-corrected chi connectivity index (χ2v) is 12.9. The monoisotopic (exact) mass is 654 g/mol. The summed E-state index contributed by atoms with van der Waals surface area (Å²) < 4.78 is 14.6. The highest BCUT2D eigenvalue weighted by molar-refractivity contribution is 6.10. The van der Waals surface area contributed by atoms with Gasteiger partial charge in [-0.15, -0.1) is 0 Å². The maximum absolute atomic E-state index is 6.44. The maximum atomic E-state index is 6.44. The van der Waals surface area contributed by atoms with Crippen molar-refractivity contribution >= 4 is 65.7 Å². The first-order chi connectivity index (χ1) is 25.2. The number of nitrogens with zero attached hydrogens (tertiary/aromatic N) is 4. The minimum absolute atomic E-state index is 0.570. The Bertz CT molecular complexity index is 3100. The number of rotatable bonds is 4. The van der Waals surface area contributed by atoms with Crippen molar-refractivity contribution in [1.82, 2.24) is 19.5 Å². The molecule has 0 bridgehead atoms. The number of furan rings is 2. The normalized spacial score (nSPS) is 11.9. The number of benzene rings is 7. The number of aromatic nitrogens is 4. The molecule has 0 saturated carbocycles. The number of hydrogen-bond acceptors (Lipinski definition) is 5. The van der Waals surface area contributed by atoms with Crippen LogP contribution in [0.4, 0.5) is 0 Å². The first-order valence-electron chi connectivity index (χ1n) is 16.9. The minimum atomic E-state index is 0.570. The molecular weight excluding hydrogens is 629 g/mol. The van der Waals surface area contributed by atoms with Crippen molar-refractivity contribution in [3.8, 4) is 39.9 Å². The summed E-state index contributed by atoms with van der Waals surface area (Å²) in [5, 5.41) is 6.56. The molecule has 4 aromatic heterocycles. The molecule has 0 spiro atoms. The van der Waals surface area contributed by atoms with E-state index in [0.29, 0.717) is 17.6 Å². The summed E-state index contributed by atoms with van der Waals surface area (Å²) in [5.41, 5.74) is 9.48. The molecule has 6 nitrogen and oxygen atoms in total. The fraction of sp³-hybridized carbons (Fsp3) is 0. The van der Waals surface area contributed by atoms with Crippen molar-refractivity contribution in [2.75, 3.05) is 0 Å². The van der Waals surface area contributed by atoms with E-state index in [9.17, 15) is 0 Å². The van der Waals surface area contributed by atoms with E-state index in [1.54, 1.807) is 0 Å². The summed E-state index contributed by atoms with van der Waals surface area (Å²) in [5.74, 6) is 1.77. The van der Waals surface area contributed by atoms with Crippen LogP contribution in [0.25, 0.3) is 106 Å². The molecule has 0 aliphatic heterocycles. The third-order valence-corrected chi connectivity index (χ3v) is 9.88. The molecule has 4 heterocycles. The van der Waals surface area contributed by atoms with Crippen LogP contribution in [-0.2, 0) is 0 Å². The van der Waals surface area contributed by atoms with E-state index < -0.39 is 0 Å². The number of fused-ring (bicyclic) bond motifs is 9. The summed E-state index contributed by atoms with van der Waals surface area (Å²) in [6.45, 7) is 0. The first-order valence-corrected chi connectivity index (χ1v) is 16.9. The van der Waals surface area contributed by atoms with E-state index >= 15 is 0 Å². The summed E-state index contributed by atoms with van der Waals surface area (Å²) in [7, 11) is 0. The Morgan fingerprint density at radius 1 is 0.333 bits per heavy atom. The molecule has 0 saturated heterocycles. The molecule has 0 aliphatic carbocycles. The van der Waals surface area contributed by atoms with Crippen molar-refractivity contribution in [2.45, 2.75) is 0 Å². The first kappa shape index (κ1) is 27.9. The van der Waals surface area contributed by atoms with Crippen molar-refractivity contribution < 1.29 is 8.83 Å². The van der Waals surface area contributed by atoms with Gasteiger partial charge in [0.1, 0.15) is 22.3 Å². The highest BCUT2D eigenvalue weighted by Crippen LogP contribution is 2.37. The molecule has 0 radical (unpaired) electrons. The van der Waals surface area contributed by atoms with Gasteiger partial charge in [-0.25, -0.2) is 4.98 Å². The smallest absolute Gasteiger partial charge is 0.238 e. The second kappa shape index (κ2) is 10.7. The minimum Gasteiger partial charge on any atom is -0.456 e. The topological polar surface area (TPSA) is 69.9 Å². The standard InChI is InChI=1S/C45H26N4O2/c1-2-10-27(11-3-1)43-46-44(48-45(47-43)49-37-15-7-4-12-31(37)32-13-5-8-16-38(32)49)30-20-23-41-36(25-30)34-21-18-29(26-42(34)51-41)28-19-22-40-35(24-28)33-14-6-9-17-39(33)50-40/h1-26H. The van der Waals surface area contributed by atoms with Gasteiger partial charge in [-0.1, -0.05) is 97.1 Å². The molecule has 6 heteroatoms. The van der Waals surface area contributed by atoms with E-state index in [4.69, 9.17) is 23.8 Å². The van der Waals surface area contributed by atoms with Crippen LogP contribution < -0.4 is 0 Å². The van der Waals surface area contributed by atoms with Gasteiger partial charge in [0.15, 0.2) is 11.6 Å². The van der Waals surface area contributed by atoms with Crippen LogP contribution in [0.5, 0.6) is 0 Å². The van der Waals surface area contributed by atoms with Gasteiger partial charge in [0.25, 0.3) is 0 Å². The van der Waals surface area contributed by atoms with E-state index in [0.717, 1.165) is 87.9 Å². The third-order valence-electron chi connectivity index (χ3n) is 9.88. The molecule has 0 unspecified atom stereocenters. The Labute approximate surface area is 290 Å². The average Bonchev–Trinajstić information content (AvgIpc) is 3.86. The van der Waals surface area contributed by atoms with Gasteiger partial charge >= 0.3 is 0 Å².